The Bertz CT molecular complexity index is 565. The second kappa shape index (κ2) is 6.86. The monoisotopic (exact) mass is 292 g/mol. The first kappa shape index (κ1) is 15.0. The highest BCUT2D eigenvalue weighted by Crippen LogP contribution is 2.23. The number of hydrogen-bond donors (Lipinski definition) is 1. The van der Waals surface area contributed by atoms with Crippen molar-refractivity contribution in [2.75, 3.05) is 6.54 Å². The summed E-state index contributed by atoms with van der Waals surface area (Å²) in [4.78, 5) is 4.44. The lowest BCUT2D eigenvalue weighted by Gasteiger charge is -2.19. The van der Waals surface area contributed by atoms with Crippen molar-refractivity contribution in [2.45, 2.75) is 32.7 Å². The van der Waals surface area contributed by atoms with Gasteiger partial charge in [-0.1, -0.05) is 18.5 Å². The van der Waals surface area contributed by atoms with Gasteiger partial charge in [0.15, 0.2) is 0 Å². The zero-order valence-corrected chi connectivity index (χ0v) is 13.0. The molecular formula is C15H21ClN4. The maximum atomic E-state index is 6.28. The van der Waals surface area contributed by atoms with E-state index in [2.05, 4.69) is 28.4 Å². The minimum atomic E-state index is 0.110. The number of halogens is 1. The van der Waals surface area contributed by atoms with E-state index in [0.29, 0.717) is 5.02 Å². The summed E-state index contributed by atoms with van der Waals surface area (Å²) >= 11 is 6.28. The molecule has 0 radical (unpaired) electrons. The summed E-state index contributed by atoms with van der Waals surface area (Å²) in [6, 6.07) is 5.96. The molecule has 2 rings (SSSR count). The van der Waals surface area contributed by atoms with Crippen molar-refractivity contribution in [3.8, 4) is 0 Å². The minimum absolute atomic E-state index is 0.110. The SMILES string of the molecule is CCCNC(Cc1cc(C)nn1C)c1ncccc1Cl. The van der Waals surface area contributed by atoms with Crippen LogP contribution in [0.2, 0.25) is 5.02 Å². The lowest BCUT2D eigenvalue weighted by Crippen LogP contribution is -2.26. The lowest BCUT2D eigenvalue weighted by atomic mass is 10.1. The quantitative estimate of drug-likeness (QED) is 0.890. The molecule has 0 bridgehead atoms. The Morgan fingerprint density at radius 3 is 2.85 bits per heavy atom. The predicted molar refractivity (Wildman–Crippen MR) is 81.9 cm³/mol. The molecule has 0 aromatic carbocycles. The van der Waals surface area contributed by atoms with Crippen LogP contribution in [0.5, 0.6) is 0 Å². The van der Waals surface area contributed by atoms with Crippen LogP contribution < -0.4 is 5.32 Å². The molecule has 0 aliphatic rings. The number of aromatic nitrogens is 3. The van der Waals surface area contributed by atoms with Crippen molar-refractivity contribution >= 4 is 11.6 Å². The summed E-state index contributed by atoms with van der Waals surface area (Å²) in [7, 11) is 1.97. The molecule has 1 N–H and O–H groups in total. The number of rotatable bonds is 6. The summed E-state index contributed by atoms with van der Waals surface area (Å²) in [5, 5.41) is 8.63. The Morgan fingerprint density at radius 1 is 1.45 bits per heavy atom. The van der Waals surface area contributed by atoms with Crippen LogP contribution in [-0.4, -0.2) is 21.3 Å². The molecule has 2 heterocycles. The second-order valence-electron chi connectivity index (χ2n) is 4.98. The lowest BCUT2D eigenvalue weighted by molar-refractivity contribution is 0.502. The van der Waals surface area contributed by atoms with Gasteiger partial charge in [-0.05, 0) is 38.1 Å². The molecule has 0 amide bonds. The van der Waals surface area contributed by atoms with Crippen molar-refractivity contribution < 1.29 is 0 Å². The average molecular weight is 293 g/mol. The van der Waals surface area contributed by atoms with Crippen LogP contribution in [0.25, 0.3) is 0 Å². The molecule has 5 heteroatoms. The Balaban J connectivity index is 2.24. The molecule has 1 unspecified atom stereocenters. The second-order valence-corrected chi connectivity index (χ2v) is 5.39. The standard InChI is InChI=1S/C15H21ClN4/c1-4-7-17-14(15-13(16)6-5-8-18-15)10-12-9-11(2)19-20(12)3/h5-6,8-9,14,17H,4,7,10H2,1-3H3. The fraction of sp³-hybridized carbons (Fsp3) is 0.467. The molecule has 0 saturated carbocycles. The highest BCUT2D eigenvalue weighted by atomic mass is 35.5. The van der Waals surface area contributed by atoms with E-state index in [4.69, 9.17) is 11.6 Å². The van der Waals surface area contributed by atoms with E-state index in [1.165, 1.54) is 5.69 Å². The summed E-state index contributed by atoms with van der Waals surface area (Å²) < 4.78 is 1.92. The fourth-order valence-electron chi connectivity index (χ4n) is 2.30. The topological polar surface area (TPSA) is 42.7 Å². The van der Waals surface area contributed by atoms with Gasteiger partial charge in [-0.15, -0.1) is 0 Å². The zero-order valence-electron chi connectivity index (χ0n) is 12.2. The molecule has 0 saturated heterocycles. The van der Waals surface area contributed by atoms with Crippen LogP contribution in [0.3, 0.4) is 0 Å². The van der Waals surface area contributed by atoms with Crippen molar-refractivity contribution in [2.24, 2.45) is 7.05 Å². The average Bonchev–Trinajstić information content (AvgIpc) is 2.73. The molecule has 1 atom stereocenters. The maximum absolute atomic E-state index is 6.28. The summed E-state index contributed by atoms with van der Waals surface area (Å²) in [5.74, 6) is 0. The molecule has 0 fully saturated rings. The number of nitrogens with zero attached hydrogens (tertiary/aromatic N) is 3. The van der Waals surface area contributed by atoms with E-state index in [0.717, 1.165) is 30.8 Å². The number of nitrogens with one attached hydrogen (secondary N) is 1. The number of hydrogen-bond acceptors (Lipinski definition) is 3. The van der Waals surface area contributed by atoms with Crippen molar-refractivity contribution in [1.29, 1.82) is 0 Å². The van der Waals surface area contributed by atoms with E-state index >= 15 is 0 Å². The van der Waals surface area contributed by atoms with Gasteiger partial charge >= 0.3 is 0 Å². The summed E-state index contributed by atoms with van der Waals surface area (Å²) in [6.07, 6.45) is 3.69. The third-order valence-electron chi connectivity index (χ3n) is 3.27. The molecule has 2 aromatic rings. The Kier molecular flexibility index (Phi) is 5.15. The highest BCUT2D eigenvalue weighted by Gasteiger charge is 2.18. The first-order valence-electron chi connectivity index (χ1n) is 6.95. The highest BCUT2D eigenvalue weighted by molar-refractivity contribution is 6.31. The molecule has 20 heavy (non-hydrogen) atoms. The van der Waals surface area contributed by atoms with Gasteiger partial charge in [-0.25, -0.2) is 0 Å². The first-order valence-corrected chi connectivity index (χ1v) is 7.33. The van der Waals surface area contributed by atoms with E-state index in [1.54, 1.807) is 6.20 Å². The Morgan fingerprint density at radius 2 is 2.25 bits per heavy atom. The number of aryl methyl sites for hydroxylation is 2. The third kappa shape index (κ3) is 3.58. The number of pyridine rings is 1. The van der Waals surface area contributed by atoms with Gasteiger partial charge in [0, 0.05) is 25.4 Å². The van der Waals surface area contributed by atoms with Gasteiger partial charge in [-0.3, -0.25) is 9.67 Å². The van der Waals surface area contributed by atoms with Gasteiger partial charge in [-0.2, -0.15) is 5.10 Å². The minimum Gasteiger partial charge on any atom is -0.308 e. The molecule has 4 nitrogen and oxygen atoms in total. The van der Waals surface area contributed by atoms with Gasteiger partial charge < -0.3 is 5.32 Å². The van der Waals surface area contributed by atoms with Crippen LogP contribution >= 0.6 is 11.6 Å². The van der Waals surface area contributed by atoms with Gasteiger partial charge in [0.25, 0.3) is 0 Å². The summed E-state index contributed by atoms with van der Waals surface area (Å²) in [6.45, 7) is 5.10. The van der Waals surface area contributed by atoms with Crippen LogP contribution in [-0.2, 0) is 13.5 Å². The molecule has 2 aromatic heterocycles. The van der Waals surface area contributed by atoms with Crippen LogP contribution in [0.4, 0.5) is 0 Å². The summed E-state index contributed by atoms with van der Waals surface area (Å²) in [5.41, 5.74) is 3.11. The van der Waals surface area contributed by atoms with Gasteiger partial charge in [0.1, 0.15) is 0 Å². The maximum Gasteiger partial charge on any atom is 0.0762 e. The van der Waals surface area contributed by atoms with Crippen LogP contribution in [0, 0.1) is 6.92 Å². The molecular weight excluding hydrogens is 272 g/mol. The van der Waals surface area contributed by atoms with Crippen molar-refractivity contribution in [1.82, 2.24) is 20.1 Å². The van der Waals surface area contributed by atoms with E-state index in [9.17, 15) is 0 Å². The molecule has 0 aliphatic heterocycles. The smallest absolute Gasteiger partial charge is 0.0762 e. The largest absolute Gasteiger partial charge is 0.308 e. The van der Waals surface area contributed by atoms with Crippen molar-refractivity contribution in [3.63, 3.8) is 0 Å². The molecule has 0 aliphatic carbocycles. The predicted octanol–water partition coefficient (Wildman–Crippen LogP) is 3.06. The molecule has 0 spiro atoms. The molecule has 108 valence electrons. The van der Waals surface area contributed by atoms with Crippen molar-refractivity contribution in [3.05, 3.63) is 46.5 Å². The van der Waals surface area contributed by atoms with E-state index in [-0.39, 0.29) is 6.04 Å². The van der Waals surface area contributed by atoms with Crippen LogP contribution in [0.15, 0.2) is 24.4 Å². The Hall–Kier alpha value is -1.39. The van der Waals surface area contributed by atoms with E-state index in [1.807, 2.05) is 30.8 Å². The third-order valence-corrected chi connectivity index (χ3v) is 3.59. The van der Waals surface area contributed by atoms with Crippen LogP contribution in [0.1, 0.15) is 36.5 Å². The fourth-order valence-corrected chi connectivity index (χ4v) is 2.56. The van der Waals surface area contributed by atoms with Gasteiger partial charge in [0.2, 0.25) is 0 Å². The van der Waals surface area contributed by atoms with Gasteiger partial charge in [0.05, 0.1) is 22.5 Å². The Labute approximate surface area is 125 Å². The first-order chi connectivity index (χ1) is 9.61. The van der Waals surface area contributed by atoms with E-state index < -0.39 is 0 Å². The normalized spacial score (nSPS) is 12.6. The zero-order chi connectivity index (χ0) is 14.5.